The van der Waals surface area contributed by atoms with Gasteiger partial charge in [-0.2, -0.15) is 5.26 Å². The number of para-hydroxylation sites is 2. The summed E-state index contributed by atoms with van der Waals surface area (Å²) in [5.74, 6) is 1.17. The Kier molecular flexibility index (Phi) is 4.58. The number of allylic oxidation sites excluding steroid dienone is 2. The van der Waals surface area contributed by atoms with E-state index in [1.54, 1.807) is 0 Å². The summed E-state index contributed by atoms with van der Waals surface area (Å²) in [7, 11) is 0. The number of rotatable bonds is 5. The Morgan fingerprint density at radius 1 is 1.08 bits per heavy atom. The summed E-state index contributed by atoms with van der Waals surface area (Å²) in [4.78, 5) is 4.86. The van der Waals surface area contributed by atoms with Gasteiger partial charge in [-0.15, -0.1) is 0 Å². The number of aromatic nitrogens is 2. The molecule has 0 spiro atoms. The zero-order valence-corrected chi connectivity index (χ0v) is 15.2. The highest BCUT2D eigenvalue weighted by atomic mass is 15.1. The molecule has 0 atom stereocenters. The summed E-state index contributed by atoms with van der Waals surface area (Å²) in [6, 6.07) is 18.8. The van der Waals surface area contributed by atoms with Crippen LogP contribution in [0.1, 0.15) is 49.6 Å². The molecule has 4 rings (SSSR count). The summed E-state index contributed by atoms with van der Waals surface area (Å²) in [5.41, 5.74) is 7.00. The first kappa shape index (κ1) is 16.6. The van der Waals surface area contributed by atoms with Crippen molar-refractivity contribution in [3.8, 4) is 6.07 Å². The molecule has 1 aromatic heterocycles. The fourth-order valence-electron chi connectivity index (χ4n) is 4.06. The maximum absolute atomic E-state index is 9.49. The van der Waals surface area contributed by atoms with E-state index in [4.69, 9.17) is 4.98 Å². The van der Waals surface area contributed by atoms with Crippen LogP contribution in [0.25, 0.3) is 16.6 Å². The van der Waals surface area contributed by atoms with E-state index in [1.807, 2.05) is 18.2 Å². The molecule has 0 saturated carbocycles. The molecule has 0 N–H and O–H groups in total. The van der Waals surface area contributed by atoms with Gasteiger partial charge in [0.1, 0.15) is 5.82 Å². The predicted octanol–water partition coefficient (Wildman–Crippen LogP) is 5.50. The minimum atomic E-state index is 0.783. The molecule has 3 aromatic rings. The second-order valence-electron chi connectivity index (χ2n) is 6.95. The molecule has 1 heterocycles. The van der Waals surface area contributed by atoms with Gasteiger partial charge in [-0.3, -0.25) is 0 Å². The van der Waals surface area contributed by atoms with Crippen molar-refractivity contribution in [2.45, 2.75) is 45.6 Å². The lowest BCUT2D eigenvalue weighted by Crippen LogP contribution is -2.06. The molecule has 0 amide bonds. The van der Waals surface area contributed by atoms with E-state index in [0.717, 1.165) is 48.9 Å². The number of nitrogens with zero attached hydrogens (tertiary/aromatic N) is 3. The Hall–Kier alpha value is -2.86. The summed E-state index contributed by atoms with van der Waals surface area (Å²) in [6.07, 6.45) is 5.41. The lowest BCUT2D eigenvalue weighted by molar-refractivity contribution is 0.699. The van der Waals surface area contributed by atoms with Crippen LogP contribution < -0.4 is 0 Å². The first-order chi connectivity index (χ1) is 12.8. The van der Waals surface area contributed by atoms with Crippen LogP contribution in [0.2, 0.25) is 0 Å². The summed E-state index contributed by atoms with van der Waals surface area (Å²) in [5, 5.41) is 9.49. The highest BCUT2D eigenvalue weighted by molar-refractivity contribution is 5.77. The van der Waals surface area contributed by atoms with E-state index in [9.17, 15) is 5.26 Å². The van der Waals surface area contributed by atoms with Crippen LogP contribution in [0.15, 0.2) is 54.1 Å². The monoisotopic (exact) mass is 341 g/mol. The van der Waals surface area contributed by atoms with Crippen LogP contribution in [-0.2, 0) is 13.0 Å². The van der Waals surface area contributed by atoms with Crippen LogP contribution in [-0.4, -0.2) is 9.55 Å². The Bertz CT molecular complexity index is 1020. The quantitative estimate of drug-likeness (QED) is 0.615. The van der Waals surface area contributed by atoms with Gasteiger partial charge in [0.15, 0.2) is 0 Å². The van der Waals surface area contributed by atoms with E-state index in [2.05, 4.69) is 47.9 Å². The molecule has 0 aliphatic heterocycles. The Morgan fingerprint density at radius 2 is 1.88 bits per heavy atom. The molecule has 1 aliphatic carbocycles. The Labute approximate surface area is 154 Å². The third-order valence-electron chi connectivity index (χ3n) is 5.26. The van der Waals surface area contributed by atoms with Gasteiger partial charge in [-0.05, 0) is 60.6 Å². The Balaban J connectivity index is 1.80. The van der Waals surface area contributed by atoms with E-state index in [0.29, 0.717) is 0 Å². The molecular formula is C23H23N3. The highest BCUT2D eigenvalue weighted by Crippen LogP contribution is 2.37. The fourth-order valence-corrected chi connectivity index (χ4v) is 4.06. The third kappa shape index (κ3) is 2.93. The van der Waals surface area contributed by atoms with Crippen molar-refractivity contribution < 1.29 is 0 Å². The molecule has 130 valence electrons. The third-order valence-corrected chi connectivity index (χ3v) is 5.26. The molecule has 0 unspecified atom stereocenters. The van der Waals surface area contributed by atoms with Gasteiger partial charge in [0.05, 0.1) is 22.7 Å². The number of nitriles is 1. The minimum absolute atomic E-state index is 0.783. The average Bonchev–Trinajstić information content (AvgIpc) is 3.27. The topological polar surface area (TPSA) is 41.6 Å². The van der Waals surface area contributed by atoms with E-state index in [-0.39, 0.29) is 0 Å². The molecule has 26 heavy (non-hydrogen) atoms. The molecule has 1 aliphatic rings. The number of benzene rings is 2. The van der Waals surface area contributed by atoms with Gasteiger partial charge in [-0.1, -0.05) is 37.3 Å². The zero-order valence-electron chi connectivity index (χ0n) is 15.2. The fraction of sp³-hybridized carbons (Fsp3) is 0.304. The number of fused-ring (bicyclic) bond motifs is 1. The molecule has 3 heteroatoms. The number of imidazole rings is 1. The van der Waals surface area contributed by atoms with Crippen LogP contribution in [0, 0.1) is 11.3 Å². The lowest BCUT2D eigenvalue weighted by Gasteiger charge is -2.13. The van der Waals surface area contributed by atoms with E-state index < -0.39 is 0 Å². The van der Waals surface area contributed by atoms with Crippen LogP contribution >= 0.6 is 0 Å². The molecule has 3 nitrogen and oxygen atoms in total. The second kappa shape index (κ2) is 7.17. The van der Waals surface area contributed by atoms with Crippen LogP contribution in [0.4, 0.5) is 0 Å². The highest BCUT2D eigenvalue weighted by Gasteiger charge is 2.20. The standard InChI is InChI=1S/C23H23N3/c1-2-8-23-25-21-13-5-6-14-22(21)26(23)16-18-10-7-12-20(18)19-11-4-3-9-17(19)15-24/h3-6,9,11,13-14H,2,7-8,10,12,16H2,1H3. The van der Waals surface area contributed by atoms with Crippen molar-refractivity contribution in [1.29, 1.82) is 5.26 Å². The minimum Gasteiger partial charge on any atom is -0.324 e. The van der Waals surface area contributed by atoms with Gasteiger partial charge in [0.2, 0.25) is 0 Å². The molecule has 0 fully saturated rings. The molecule has 0 radical (unpaired) electrons. The molecule has 0 bridgehead atoms. The van der Waals surface area contributed by atoms with Crippen molar-refractivity contribution >= 4 is 16.6 Å². The van der Waals surface area contributed by atoms with Crippen LogP contribution in [0.5, 0.6) is 0 Å². The number of hydrogen-bond acceptors (Lipinski definition) is 2. The Morgan fingerprint density at radius 3 is 2.73 bits per heavy atom. The predicted molar refractivity (Wildman–Crippen MR) is 106 cm³/mol. The van der Waals surface area contributed by atoms with Gasteiger partial charge < -0.3 is 4.57 Å². The van der Waals surface area contributed by atoms with Crippen molar-refractivity contribution in [3.63, 3.8) is 0 Å². The van der Waals surface area contributed by atoms with E-state index in [1.165, 1.54) is 28.9 Å². The largest absolute Gasteiger partial charge is 0.324 e. The first-order valence-electron chi connectivity index (χ1n) is 9.46. The van der Waals surface area contributed by atoms with Gasteiger partial charge in [-0.25, -0.2) is 4.98 Å². The van der Waals surface area contributed by atoms with E-state index >= 15 is 0 Å². The zero-order chi connectivity index (χ0) is 17.9. The van der Waals surface area contributed by atoms with Gasteiger partial charge in [0.25, 0.3) is 0 Å². The van der Waals surface area contributed by atoms with Crippen molar-refractivity contribution in [3.05, 3.63) is 71.1 Å². The first-order valence-corrected chi connectivity index (χ1v) is 9.46. The summed E-state index contributed by atoms with van der Waals surface area (Å²) < 4.78 is 2.38. The van der Waals surface area contributed by atoms with Crippen molar-refractivity contribution in [1.82, 2.24) is 9.55 Å². The van der Waals surface area contributed by atoms with Gasteiger partial charge in [0, 0.05) is 13.0 Å². The van der Waals surface area contributed by atoms with Crippen molar-refractivity contribution in [2.75, 3.05) is 0 Å². The van der Waals surface area contributed by atoms with Crippen molar-refractivity contribution in [2.24, 2.45) is 0 Å². The smallest absolute Gasteiger partial charge is 0.110 e. The summed E-state index contributed by atoms with van der Waals surface area (Å²) >= 11 is 0. The second-order valence-corrected chi connectivity index (χ2v) is 6.95. The number of hydrogen-bond donors (Lipinski definition) is 0. The lowest BCUT2D eigenvalue weighted by atomic mass is 9.97. The normalized spacial score (nSPS) is 14.2. The average molecular weight is 341 g/mol. The number of aryl methyl sites for hydroxylation is 1. The van der Waals surface area contributed by atoms with Crippen LogP contribution in [0.3, 0.4) is 0 Å². The maximum Gasteiger partial charge on any atom is 0.110 e. The van der Waals surface area contributed by atoms with Gasteiger partial charge >= 0.3 is 0 Å². The SMILES string of the molecule is CCCc1nc2ccccc2n1CC1=C(c2ccccc2C#N)CCC1. The molecule has 0 saturated heterocycles. The molecule has 2 aromatic carbocycles. The molecular weight excluding hydrogens is 318 g/mol. The maximum atomic E-state index is 9.49. The summed E-state index contributed by atoms with van der Waals surface area (Å²) in [6.45, 7) is 3.08.